The zero-order valence-electron chi connectivity index (χ0n) is 18.8. The van der Waals surface area contributed by atoms with Crippen LogP contribution in [-0.2, 0) is 14.3 Å². The molecule has 3 rings (SSSR count). The van der Waals surface area contributed by atoms with Gasteiger partial charge < -0.3 is 19.5 Å². The smallest absolute Gasteiger partial charge is 0.295 e. The van der Waals surface area contributed by atoms with Crippen molar-refractivity contribution in [1.29, 1.82) is 0 Å². The van der Waals surface area contributed by atoms with E-state index in [4.69, 9.17) is 9.47 Å². The van der Waals surface area contributed by atoms with Gasteiger partial charge in [-0.2, -0.15) is 0 Å². The first-order chi connectivity index (χ1) is 15.4. The molecule has 0 radical (unpaired) electrons. The molecule has 1 saturated heterocycles. The van der Waals surface area contributed by atoms with Gasteiger partial charge >= 0.3 is 0 Å². The molecule has 2 aromatic rings. The molecule has 1 unspecified atom stereocenters. The molecule has 168 valence electrons. The van der Waals surface area contributed by atoms with Crippen LogP contribution < -0.4 is 4.74 Å². The first kappa shape index (κ1) is 23.3. The summed E-state index contributed by atoms with van der Waals surface area (Å²) in [6, 6.07) is 12.2. The van der Waals surface area contributed by atoms with Gasteiger partial charge in [-0.1, -0.05) is 42.5 Å². The van der Waals surface area contributed by atoms with Crippen LogP contribution in [0.1, 0.15) is 34.7 Å². The van der Waals surface area contributed by atoms with Crippen LogP contribution in [0.5, 0.6) is 5.75 Å². The molecule has 1 N–H and O–H groups in total. The number of carbonyl (C=O) groups is 2. The number of aliphatic hydroxyl groups is 1. The first-order valence-corrected chi connectivity index (χ1v) is 10.6. The fraction of sp³-hybridized carbons (Fsp3) is 0.308. The molecule has 6 nitrogen and oxygen atoms in total. The van der Waals surface area contributed by atoms with E-state index in [9.17, 15) is 14.7 Å². The van der Waals surface area contributed by atoms with Crippen molar-refractivity contribution in [2.24, 2.45) is 0 Å². The van der Waals surface area contributed by atoms with E-state index in [1.807, 2.05) is 44.2 Å². The van der Waals surface area contributed by atoms with Crippen LogP contribution in [0.25, 0.3) is 5.76 Å². The highest BCUT2D eigenvalue weighted by Crippen LogP contribution is 2.40. The number of aliphatic hydroxyl groups excluding tert-OH is 1. The maximum Gasteiger partial charge on any atom is 0.295 e. The van der Waals surface area contributed by atoms with E-state index < -0.39 is 17.7 Å². The molecule has 2 aromatic carbocycles. The molecule has 1 heterocycles. The van der Waals surface area contributed by atoms with Crippen LogP contribution in [0.3, 0.4) is 0 Å². The number of nitrogens with zero attached hydrogens (tertiary/aromatic N) is 1. The number of likely N-dealkylation sites (tertiary alicyclic amines) is 1. The Morgan fingerprint density at radius 3 is 2.53 bits per heavy atom. The number of Topliss-reactive ketones (excluding diaryl/α,β-unsaturated/α-hetero) is 1. The summed E-state index contributed by atoms with van der Waals surface area (Å²) in [6.45, 7) is 8.59. The minimum atomic E-state index is -0.694. The number of amides is 1. The van der Waals surface area contributed by atoms with Gasteiger partial charge in [-0.25, -0.2) is 0 Å². The SMILES string of the molecule is C=CCOc1ccc(C2C(=C(O)c3cc(C)ccc3C)C(=O)C(=O)N2CCCOC)cc1. The van der Waals surface area contributed by atoms with E-state index in [1.54, 1.807) is 25.3 Å². The van der Waals surface area contributed by atoms with Crippen LogP contribution in [0.2, 0.25) is 0 Å². The number of ether oxygens (including phenoxy) is 2. The standard InChI is InChI=1S/C26H29NO5/c1-5-14-32-20-11-9-19(10-12-20)23-22(24(28)21-16-17(2)7-8-18(21)3)25(29)26(30)27(23)13-6-15-31-4/h5,7-12,16,23,28H,1,6,13-15H2,2-4H3. The Hall–Kier alpha value is -3.38. The largest absolute Gasteiger partial charge is 0.507 e. The molecule has 0 aliphatic carbocycles. The quantitative estimate of drug-likeness (QED) is 0.209. The summed E-state index contributed by atoms with van der Waals surface area (Å²) in [7, 11) is 1.59. The van der Waals surface area contributed by atoms with Gasteiger partial charge in [-0.05, 0) is 49.6 Å². The predicted molar refractivity (Wildman–Crippen MR) is 124 cm³/mol. The molecule has 1 aliphatic heterocycles. The second-order valence-electron chi connectivity index (χ2n) is 7.83. The van der Waals surface area contributed by atoms with E-state index in [2.05, 4.69) is 6.58 Å². The second-order valence-corrected chi connectivity index (χ2v) is 7.83. The Morgan fingerprint density at radius 2 is 1.88 bits per heavy atom. The summed E-state index contributed by atoms with van der Waals surface area (Å²) < 4.78 is 10.7. The van der Waals surface area contributed by atoms with Gasteiger partial charge in [-0.15, -0.1) is 0 Å². The molecule has 1 aliphatic rings. The monoisotopic (exact) mass is 435 g/mol. The maximum atomic E-state index is 13.1. The molecule has 6 heteroatoms. The van der Waals surface area contributed by atoms with Crippen molar-refractivity contribution in [2.75, 3.05) is 26.9 Å². The number of rotatable bonds is 9. The number of methoxy groups -OCH3 is 1. The third kappa shape index (κ3) is 4.75. The Labute approximate surface area is 188 Å². The summed E-state index contributed by atoms with van der Waals surface area (Å²) in [5.74, 6) is -0.807. The lowest BCUT2D eigenvalue weighted by Gasteiger charge is -2.25. The summed E-state index contributed by atoms with van der Waals surface area (Å²) in [5.41, 5.74) is 3.15. The zero-order valence-corrected chi connectivity index (χ0v) is 18.8. The molecule has 1 amide bonds. The lowest BCUT2D eigenvalue weighted by atomic mass is 9.93. The van der Waals surface area contributed by atoms with Gasteiger partial charge in [0.2, 0.25) is 0 Å². The lowest BCUT2D eigenvalue weighted by Crippen LogP contribution is -2.31. The van der Waals surface area contributed by atoms with Gasteiger partial charge in [0.25, 0.3) is 11.7 Å². The van der Waals surface area contributed by atoms with Crippen molar-refractivity contribution >= 4 is 17.4 Å². The number of hydrogen-bond donors (Lipinski definition) is 1. The highest BCUT2D eigenvalue weighted by molar-refractivity contribution is 6.46. The number of hydrogen-bond acceptors (Lipinski definition) is 5. The third-order valence-electron chi connectivity index (χ3n) is 5.50. The zero-order chi connectivity index (χ0) is 23.3. The summed E-state index contributed by atoms with van der Waals surface area (Å²) >= 11 is 0. The molecular formula is C26H29NO5. The van der Waals surface area contributed by atoms with Crippen molar-refractivity contribution < 1.29 is 24.2 Å². The van der Waals surface area contributed by atoms with E-state index in [-0.39, 0.29) is 11.3 Å². The Bertz CT molecular complexity index is 1040. The fourth-order valence-electron chi connectivity index (χ4n) is 3.87. The molecular weight excluding hydrogens is 406 g/mol. The van der Waals surface area contributed by atoms with Crippen LogP contribution in [0, 0.1) is 13.8 Å². The number of ketones is 1. The van der Waals surface area contributed by atoms with Crippen molar-refractivity contribution in [3.8, 4) is 5.75 Å². The molecule has 0 saturated carbocycles. The Balaban J connectivity index is 2.10. The number of benzene rings is 2. The minimum Gasteiger partial charge on any atom is -0.507 e. The van der Waals surface area contributed by atoms with E-state index in [0.29, 0.717) is 37.5 Å². The summed E-state index contributed by atoms with van der Waals surface area (Å²) in [5, 5.41) is 11.2. The Kier molecular flexibility index (Phi) is 7.49. The van der Waals surface area contributed by atoms with Crippen LogP contribution in [0.15, 0.2) is 60.7 Å². The summed E-state index contributed by atoms with van der Waals surface area (Å²) in [4.78, 5) is 27.5. The third-order valence-corrected chi connectivity index (χ3v) is 5.50. The van der Waals surface area contributed by atoms with Crippen molar-refractivity contribution in [1.82, 2.24) is 4.90 Å². The van der Waals surface area contributed by atoms with Crippen molar-refractivity contribution in [2.45, 2.75) is 26.3 Å². The maximum absolute atomic E-state index is 13.1. The van der Waals surface area contributed by atoms with Gasteiger partial charge in [0, 0.05) is 25.8 Å². The minimum absolute atomic E-state index is 0.0980. The normalized spacial score (nSPS) is 17.6. The average Bonchev–Trinajstić information content (AvgIpc) is 3.04. The Morgan fingerprint density at radius 1 is 1.16 bits per heavy atom. The van der Waals surface area contributed by atoms with Gasteiger partial charge in [0.1, 0.15) is 18.1 Å². The molecule has 32 heavy (non-hydrogen) atoms. The van der Waals surface area contributed by atoms with Gasteiger partial charge in [-0.3, -0.25) is 9.59 Å². The van der Waals surface area contributed by atoms with E-state index >= 15 is 0 Å². The lowest BCUT2D eigenvalue weighted by molar-refractivity contribution is -0.140. The fourth-order valence-corrected chi connectivity index (χ4v) is 3.87. The van der Waals surface area contributed by atoms with Crippen molar-refractivity contribution in [3.63, 3.8) is 0 Å². The number of carbonyl (C=O) groups excluding carboxylic acids is 2. The molecule has 0 aromatic heterocycles. The summed E-state index contributed by atoms with van der Waals surface area (Å²) in [6.07, 6.45) is 2.23. The van der Waals surface area contributed by atoms with Gasteiger partial charge in [0.05, 0.1) is 11.6 Å². The molecule has 0 spiro atoms. The molecule has 0 bridgehead atoms. The highest BCUT2D eigenvalue weighted by atomic mass is 16.5. The molecule has 1 fully saturated rings. The number of aryl methyl sites for hydroxylation is 2. The van der Waals surface area contributed by atoms with Crippen molar-refractivity contribution in [3.05, 3.63) is 82.9 Å². The topological polar surface area (TPSA) is 76.1 Å². The highest BCUT2D eigenvalue weighted by Gasteiger charge is 2.45. The van der Waals surface area contributed by atoms with E-state index in [1.165, 1.54) is 4.90 Å². The van der Waals surface area contributed by atoms with Crippen LogP contribution in [0.4, 0.5) is 0 Å². The van der Waals surface area contributed by atoms with Crippen LogP contribution in [-0.4, -0.2) is 48.6 Å². The molecule has 1 atom stereocenters. The van der Waals surface area contributed by atoms with Crippen LogP contribution >= 0.6 is 0 Å². The van der Waals surface area contributed by atoms with Gasteiger partial charge in [0.15, 0.2) is 0 Å². The predicted octanol–water partition coefficient (Wildman–Crippen LogP) is 4.33. The van der Waals surface area contributed by atoms with E-state index in [0.717, 1.165) is 16.7 Å². The average molecular weight is 436 g/mol. The second kappa shape index (κ2) is 10.3. The first-order valence-electron chi connectivity index (χ1n) is 10.6.